The van der Waals surface area contributed by atoms with Gasteiger partial charge in [-0.15, -0.1) is 6.42 Å². The van der Waals surface area contributed by atoms with Crippen molar-refractivity contribution in [2.24, 2.45) is 0 Å². The fraction of sp³-hybridized carbons (Fsp3) is 0. The van der Waals surface area contributed by atoms with Crippen LogP contribution in [0.4, 0.5) is 10.3 Å². The third-order valence-corrected chi connectivity index (χ3v) is 2.04. The van der Waals surface area contributed by atoms with Crippen molar-refractivity contribution in [3.05, 3.63) is 41.8 Å². The van der Waals surface area contributed by atoms with Gasteiger partial charge >= 0.3 is 0 Å². The second-order valence-corrected chi connectivity index (χ2v) is 3.12. The van der Waals surface area contributed by atoms with Gasteiger partial charge in [0.2, 0.25) is 5.95 Å². The van der Waals surface area contributed by atoms with E-state index in [0.717, 1.165) is 0 Å². The van der Waals surface area contributed by atoms with Gasteiger partial charge in [0.15, 0.2) is 0 Å². The smallest absolute Gasteiger partial charge is 0.221 e. The minimum Gasteiger partial charge on any atom is -0.368 e. The van der Waals surface area contributed by atoms with Crippen LogP contribution in [-0.2, 0) is 0 Å². The Morgan fingerprint density at radius 1 is 1.25 bits per heavy atom. The number of hydrogen-bond donors (Lipinski definition) is 1. The normalized spacial score (nSPS) is 9.75. The highest BCUT2D eigenvalue weighted by Gasteiger charge is 2.07. The molecular formula is C12H8FN3. The van der Waals surface area contributed by atoms with Crippen molar-refractivity contribution in [2.45, 2.75) is 0 Å². The summed E-state index contributed by atoms with van der Waals surface area (Å²) >= 11 is 0. The van der Waals surface area contributed by atoms with Crippen LogP contribution in [0, 0.1) is 18.2 Å². The van der Waals surface area contributed by atoms with Gasteiger partial charge < -0.3 is 5.73 Å². The summed E-state index contributed by atoms with van der Waals surface area (Å²) in [6.07, 6.45) is 5.21. The maximum absolute atomic E-state index is 13.5. The molecule has 0 aliphatic carbocycles. The van der Waals surface area contributed by atoms with E-state index in [-0.39, 0.29) is 11.8 Å². The predicted octanol–water partition coefficient (Wildman–Crippen LogP) is 1.85. The molecule has 0 radical (unpaired) electrons. The zero-order valence-corrected chi connectivity index (χ0v) is 8.31. The van der Waals surface area contributed by atoms with E-state index in [4.69, 9.17) is 12.2 Å². The van der Waals surface area contributed by atoms with Gasteiger partial charge in [0.25, 0.3) is 0 Å². The molecule has 2 N–H and O–H groups in total. The SMILES string of the molecule is C#Cc1cc(-c2ccccc2F)nc(N)n1. The van der Waals surface area contributed by atoms with Gasteiger partial charge in [-0.3, -0.25) is 0 Å². The lowest BCUT2D eigenvalue weighted by atomic mass is 10.1. The van der Waals surface area contributed by atoms with Gasteiger partial charge in [0.1, 0.15) is 11.5 Å². The van der Waals surface area contributed by atoms with Crippen molar-refractivity contribution >= 4 is 5.95 Å². The Balaban J connectivity index is 2.61. The van der Waals surface area contributed by atoms with Crippen LogP contribution in [0.5, 0.6) is 0 Å². The lowest BCUT2D eigenvalue weighted by Gasteiger charge is -2.03. The maximum atomic E-state index is 13.5. The Labute approximate surface area is 92.2 Å². The van der Waals surface area contributed by atoms with Crippen LogP contribution < -0.4 is 5.73 Å². The zero-order valence-electron chi connectivity index (χ0n) is 8.31. The average Bonchev–Trinajstić information content (AvgIpc) is 2.28. The number of terminal acetylenes is 1. The second kappa shape index (κ2) is 3.99. The number of anilines is 1. The monoisotopic (exact) mass is 213 g/mol. The number of nitrogens with zero attached hydrogens (tertiary/aromatic N) is 2. The third kappa shape index (κ3) is 1.84. The molecular weight excluding hydrogens is 205 g/mol. The second-order valence-electron chi connectivity index (χ2n) is 3.12. The number of rotatable bonds is 1. The molecule has 0 amide bonds. The van der Waals surface area contributed by atoms with E-state index >= 15 is 0 Å². The van der Waals surface area contributed by atoms with Crippen LogP contribution in [0.15, 0.2) is 30.3 Å². The van der Waals surface area contributed by atoms with Gasteiger partial charge in [0.05, 0.1) is 5.69 Å². The summed E-state index contributed by atoms with van der Waals surface area (Å²) in [7, 11) is 0. The minimum atomic E-state index is -0.372. The highest BCUT2D eigenvalue weighted by molar-refractivity contribution is 5.62. The lowest BCUT2D eigenvalue weighted by Crippen LogP contribution is -1.99. The van der Waals surface area contributed by atoms with Crippen LogP contribution in [-0.4, -0.2) is 9.97 Å². The number of aromatic nitrogens is 2. The molecule has 0 aliphatic heterocycles. The van der Waals surface area contributed by atoms with Gasteiger partial charge in [-0.25, -0.2) is 14.4 Å². The van der Waals surface area contributed by atoms with Crippen LogP contribution in [0.1, 0.15) is 5.69 Å². The fourth-order valence-corrected chi connectivity index (χ4v) is 1.35. The summed E-state index contributed by atoms with van der Waals surface area (Å²) in [5.74, 6) is 2.01. The summed E-state index contributed by atoms with van der Waals surface area (Å²) in [6, 6.07) is 7.80. The number of nitrogen functional groups attached to an aromatic ring is 1. The lowest BCUT2D eigenvalue weighted by molar-refractivity contribution is 0.630. The molecule has 3 nitrogen and oxygen atoms in total. The molecule has 0 saturated carbocycles. The first kappa shape index (κ1) is 10.1. The van der Waals surface area contributed by atoms with Gasteiger partial charge in [-0.2, -0.15) is 0 Å². The molecule has 16 heavy (non-hydrogen) atoms. The first-order valence-corrected chi connectivity index (χ1v) is 4.57. The zero-order chi connectivity index (χ0) is 11.5. The molecule has 0 unspecified atom stereocenters. The van der Waals surface area contributed by atoms with Crippen molar-refractivity contribution in [1.82, 2.24) is 9.97 Å². The Hall–Kier alpha value is -2.41. The van der Waals surface area contributed by atoms with Crippen LogP contribution in [0.25, 0.3) is 11.3 Å². The van der Waals surface area contributed by atoms with E-state index in [0.29, 0.717) is 17.0 Å². The van der Waals surface area contributed by atoms with Crippen LogP contribution in [0.2, 0.25) is 0 Å². The summed E-state index contributed by atoms with van der Waals surface area (Å²) in [4.78, 5) is 7.76. The first-order chi connectivity index (χ1) is 7.70. The van der Waals surface area contributed by atoms with E-state index in [1.807, 2.05) is 0 Å². The molecule has 2 aromatic rings. The molecule has 4 heteroatoms. The Morgan fingerprint density at radius 3 is 2.69 bits per heavy atom. The highest BCUT2D eigenvalue weighted by Crippen LogP contribution is 2.21. The van der Waals surface area contributed by atoms with Crippen molar-refractivity contribution < 1.29 is 4.39 Å². The van der Waals surface area contributed by atoms with Crippen molar-refractivity contribution in [2.75, 3.05) is 5.73 Å². The first-order valence-electron chi connectivity index (χ1n) is 4.57. The van der Waals surface area contributed by atoms with E-state index < -0.39 is 0 Å². The van der Waals surface area contributed by atoms with Crippen molar-refractivity contribution in [3.8, 4) is 23.6 Å². The van der Waals surface area contributed by atoms with Gasteiger partial charge in [0, 0.05) is 5.56 Å². The molecule has 0 bridgehead atoms. The molecule has 0 atom stereocenters. The van der Waals surface area contributed by atoms with Gasteiger partial charge in [-0.05, 0) is 18.2 Å². The largest absolute Gasteiger partial charge is 0.368 e. The number of nitrogens with two attached hydrogens (primary N) is 1. The summed E-state index contributed by atoms with van der Waals surface area (Å²) in [6.45, 7) is 0. The van der Waals surface area contributed by atoms with Crippen molar-refractivity contribution in [3.63, 3.8) is 0 Å². The molecule has 0 fully saturated rings. The minimum absolute atomic E-state index is 0.0358. The van der Waals surface area contributed by atoms with Gasteiger partial charge in [-0.1, -0.05) is 18.1 Å². The Kier molecular flexibility index (Phi) is 2.52. The Bertz CT molecular complexity index is 573. The average molecular weight is 213 g/mol. The van der Waals surface area contributed by atoms with E-state index in [1.54, 1.807) is 18.2 Å². The summed E-state index contributed by atoms with van der Waals surface area (Å²) in [5, 5.41) is 0. The van der Waals surface area contributed by atoms with Crippen molar-refractivity contribution in [1.29, 1.82) is 0 Å². The van der Waals surface area contributed by atoms with E-state index in [1.165, 1.54) is 12.1 Å². The number of hydrogen-bond acceptors (Lipinski definition) is 3. The summed E-state index contributed by atoms with van der Waals surface area (Å²) in [5.41, 5.74) is 6.56. The third-order valence-electron chi connectivity index (χ3n) is 2.04. The predicted molar refractivity (Wildman–Crippen MR) is 59.8 cm³/mol. The maximum Gasteiger partial charge on any atom is 0.221 e. The standard InChI is InChI=1S/C12H8FN3/c1-2-8-7-11(16-12(14)15-8)9-5-3-4-6-10(9)13/h1,3-7H,(H2,14,15,16). The molecule has 2 rings (SSSR count). The molecule has 0 spiro atoms. The number of benzene rings is 1. The molecule has 1 heterocycles. The molecule has 0 aliphatic rings. The molecule has 78 valence electrons. The van der Waals surface area contributed by atoms with Crippen LogP contribution >= 0.6 is 0 Å². The molecule has 1 aromatic heterocycles. The van der Waals surface area contributed by atoms with Crippen LogP contribution in [0.3, 0.4) is 0 Å². The fourth-order valence-electron chi connectivity index (χ4n) is 1.35. The molecule has 1 aromatic carbocycles. The Morgan fingerprint density at radius 2 is 2.00 bits per heavy atom. The van der Waals surface area contributed by atoms with E-state index in [9.17, 15) is 4.39 Å². The summed E-state index contributed by atoms with van der Waals surface area (Å²) < 4.78 is 13.5. The van der Waals surface area contributed by atoms with E-state index in [2.05, 4.69) is 15.9 Å². The highest BCUT2D eigenvalue weighted by atomic mass is 19.1. The number of halogens is 1. The quantitative estimate of drug-likeness (QED) is 0.735. The molecule has 0 saturated heterocycles. The topological polar surface area (TPSA) is 51.8 Å².